The SMILES string of the molecule is Cc1ccccc1-n1c(SCC(=O)c2ccc(Cl)c(Cl)c2)nnc1N1CCOCC1. The maximum atomic E-state index is 12.7. The highest BCUT2D eigenvalue weighted by Crippen LogP contribution is 2.30. The Hall–Kier alpha value is -2.06. The van der Waals surface area contributed by atoms with Gasteiger partial charge in [0.15, 0.2) is 10.9 Å². The van der Waals surface area contributed by atoms with Gasteiger partial charge in [-0.25, -0.2) is 0 Å². The second-order valence-electron chi connectivity index (χ2n) is 6.84. The molecule has 0 saturated carbocycles. The summed E-state index contributed by atoms with van der Waals surface area (Å²) in [5.41, 5.74) is 2.62. The van der Waals surface area contributed by atoms with E-state index < -0.39 is 0 Å². The third-order valence-electron chi connectivity index (χ3n) is 4.84. The Kier molecular flexibility index (Phi) is 6.63. The molecule has 3 aromatic rings. The fourth-order valence-corrected chi connectivity index (χ4v) is 4.36. The van der Waals surface area contributed by atoms with Crippen LogP contribution in [-0.4, -0.2) is 52.6 Å². The van der Waals surface area contributed by atoms with Crippen molar-refractivity contribution >= 4 is 46.7 Å². The lowest BCUT2D eigenvalue weighted by Gasteiger charge is -2.28. The van der Waals surface area contributed by atoms with Crippen molar-refractivity contribution in [1.29, 1.82) is 0 Å². The summed E-state index contributed by atoms with van der Waals surface area (Å²) in [6.07, 6.45) is 0. The number of thioether (sulfide) groups is 1. The minimum absolute atomic E-state index is 0.0502. The zero-order valence-electron chi connectivity index (χ0n) is 16.3. The fourth-order valence-electron chi connectivity index (χ4n) is 3.23. The average molecular weight is 463 g/mol. The van der Waals surface area contributed by atoms with E-state index in [9.17, 15) is 4.79 Å². The Morgan fingerprint density at radius 2 is 1.87 bits per heavy atom. The maximum Gasteiger partial charge on any atom is 0.232 e. The van der Waals surface area contributed by atoms with Gasteiger partial charge in [-0.2, -0.15) is 0 Å². The molecule has 1 aliphatic rings. The first-order valence-electron chi connectivity index (χ1n) is 9.50. The van der Waals surface area contributed by atoms with Crippen molar-refractivity contribution in [2.75, 3.05) is 37.0 Å². The molecule has 0 radical (unpaired) electrons. The molecule has 1 saturated heterocycles. The number of benzene rings is 2. The maximum absolute atomic E-state index is 12.7. The molecule has 0 atom stereocenters. The van der Waals surface area contributed by atoms with E-state index in [1.54, 1.807) is 18.2 Å². The van der Waals surface area contributed by atoms with Crippen molar-refractivity contribution < 1.29 is 9.53 Å². The van der Waals surface area contributed by atoms with E-state index in [2.05, 4.69) is 15.1 Å². The second kappa shape index (κ2) is 9.39. The lowest BCUT2D eigenvalue weighted by Crippen LogP contribution is -2.38. The van der Waals surface area contributed by atoms with E-state index >= 15 is 0 Å². The predicted octanol–water partition coefficient (Wildman–Crippen LogP) is 4.69. The summed E-state index contributed by atoms with van der Waals surface area (Å²) in [6, 6.07) is 13.0. The number of ketones is 1. The first-order valence-corrected chi connectivity index (χ1v) is 11.2. The Labute approximate surface area is 189 Å². The van der Waals surface area contributed by atoms with Crippen LogP contribution in [0.4, 0.5) is 5.95 Å². The highest BCUT2D eigenvalue weighted by Gasteiger charge is 2.23. The molecule has 9 heteroatoms. The van der Waals surface area contributed by atoms with Gasteiger partial charge in [-0.3, -0.25) is 9.36 Å². The van der Waals surface area contributed by atoms with E-state index in [4.69, 9.17) is 27.9 Å². The average Bonchev–Trinajstić information content (AvgIpc) is 3.18. The van der Waals surface area contributed by atoms with Crippen molar-refractivity contribution in [3.05, 3.63) is 63.6 Å². The van der Waals surface area contributed by atoms with Gasteiger partial charge in [0.2, 0.25) is 5.95 Å². The van der Waals surface area contributed by atoms with Gasteiger partial charge in [0.05, 0.1) is 34.7 Å². The van der Waals surface area contributed by atoms with Crippen LogP contribution >= 0.6 is 35.0 Å². The number of carbonyl (C=O) groups excluding carboxylic acids is 1. The van der Waals surface area contributed by atoms with Gasteiger partial charge in [0, 0.05) is 18.7 Å². The van der Waals surface area contributed by atoms with Crippen molar-refractivity contribution in [3.8, 4) is 5.69 Å². The third-order valence-corrected chi connectivity index (χ3v) is 6.51. The molecular formula is C21H20Cl2N4O2S. The molecule has 0 spiro atoms. The molecule has 0 amide bonds. The molecule has 0 bridgehead atoms. The van der Waals surface area contributed by atoms with Gasteiger partial charge in [-0.05, 0) is 36.8 Å². The topological polar surface area (TPSA) is 60.2 Å². The van der Waals surface area contributed by atoms with E-state index in [-0.39, 0.29) is 11.5 Å². The Morgan fingerprint density at radius 1 is 1.10 bits per heavy atom. The minimum Gasteiger partial charge on any atom is -0.378 e. The van der Waals surface area contributed by atoms with Gasteiger partial charge < -0.3 is 9.64 Å². The molecule has 1 aliphatic heterocycles. The van der Waals surface area contributed by atoms with Crippen molar-refractivity contribution in [3.63, 3.8) is 0 Å². The number of nitrogens with zero attached hydrogens (tertiary/aromatic N) is 4. The Bertz CT molecular complexity index is 1070. The third kappa shape index (κ3) is 4.49. The number of aryl methyl sites for hydroxylation is 1. The van der Waals surface area contributed by atoms with Crippen LogP contribution in [0.3, 0.4) is 0 Å². The number of hydrogen-bond acceptors (Lipinski definition) is 6. The van der Waals surface area contributed by atoms with Crippen molar-refractivity contribution in [2.45, 2.75) is 12.1 Å². The van der Waals surface area contributed by atoms with Crippen LogP contribution in [0.1, 0.15) is 15.9 Å². The highest BCUT2D eigenvalue weighted by molar-refractivity contribution is 7.99. The first-order chi connectivity index (χ1) is 14.5. The Morgan fingerprint density at radius 3 is 2.60 bits per heavy atom. The molecule has 2 heterocycles. The summed E-state index contributed by atoms with van der Waals surface area (Å²) < 4.78 is 7.50. The van der Waals surface area contributed by atoms with Crippen LogP contribution in [0.2, 0.25) is 10.0 Å². The summed E-state index contributed by atoms with van der Waals surface area (Å²) in [5.74, 6) is 0.924. The smallest absolute Gasteiger partial charge is 0.232 e. The quantitative estimate of drug-likeness (QED) is 0.390. The largest absolute Gasteiger partial charge is 0.378 e. The molecule has 4 rings (SSSR count). The molecule has 0 unspecified atom stereocenters. The number of ether oxygens (including phenoxy) is 1. The number of anilines is 1. The monoisotopic (exact) mass is 462 g/mol. The summed E-state index contributed by atoms with van der Waals surface area (Å²) in [7, 11) is 0. The van der Waals surface area contributed by atoms with Crippen LogP contribution in [0.5, 0.6) is 0 Å². The number of aromatic nitrogens is 3. The molecule has 1 fully saturated rings. The molecule has 156 valence electrons. The first kappa shape index (κ1) is 21.2. The molecular weight excluding hydrogens is 443 g/mol. The molecule has 2 aromatic carbocycles. The second-order valence-corrected chi connectivity index (χ2v) is 8.60. The number of hydrogen-bond donors (Lipinski definition) is 0. The van der Waals surface area contributed by atoms with Crippen LogP contribution in [-0.2, 0) is 4.74 Å². The zero-order valence-corrected chi connectivity index (χ0v) is 18.7. The van der Waals surface area contributed by atoms with Gasteiger partial charge in [0.25, 0.3) is 0 Å². The van der Waals surface area contributed by atoms with Crippen LogP contribution < -0.4 is 4.90 Å². The molecule has 0 N–H and O–H groups in total. The number of carbonyl (C=O) groups is 1. The minimum atomic E-state index is -0.0502. The van der Waals surface area contributed by atoms with Gasteiger partial charge >= 0.3 is 0 Å². The van der Waals surface area contributed by atoms with E-state index in [1.807, 2.05) is 35.8 Å². The van der Waals surface area contributed by atoms with Crippen molar-refractivity contribution in [1.82, 2.24) is 14.8 Å². The van der Waals surface area contributed by atoms with Crippen LogP contribution in [0, 0.1) is 6.92 Å². The molecule has 6 nitrogen and oxygen atoms in total. The van der Waals surface area contributed by atoms with Gasteiger partial charge in [0.1, 0.15) is 0 Å². The zero-order chi connectivity index (χ0) is 21.1. The van der Waals surface area contributed by atoms with Gasteiger partial charge in [-0.15, -0.1) is 10.2 Å². The summed E-state index contributed by atoms with van der Waals surface area (Å²) in [5, 5.41) is 10.3. The lowest BCUT2D eigenvalue weighted by atomic mass is 10.1. The number of halogens is 2. The summed E-state index contributed by atoms with van der Waals surface area (Å²) in [4.78, 5) is 14.9. The summed E-state index contributed by atoms with van der Waals surface area (Å²) >= 11 is 13.4. The Balaban J connectivity index is 1.62. The highest BCUT2D eigenvalue weighted by atomic mass is 35.5. The van der Waals surface area contributed by atoms with Crippen LogP contribution in [0.25, 0.3) is 5.69 Å². The number of rotatable bonds is 6. The molecule has 30 heavy (non-hydrogen) atoms. The predicted molar refractivity (Wildman–Crippen MR) is 121 cm³/mol. The van der Waals surface area contributed by atoms with E-state index in [0.29, 0.717) is 34.0 Å². The number of Topliss-reactive ketones (excluding diaryl/α,β-unsaturated/α-hetero) is 1. The summed E-state index contributed by atoms with van der Waals surface area (Å²) in [6.45, 7) is 4.85. The fraction of sp³-hybridized carbons (Fsp3) is 0.286. The molecule has 0 aliphatic carbocycles. The number of morpholine rings is 1. The standard InChI is InChI=1S/C21H20Cl2N4O2S/c1-14-4-2-3-5-18(14)27-20(26-8-10-29-11-9-26)24-25-21(27)30-13-19(28)15-6-7-16(22)17(23)12-15/h2-7,12H,8-11,13H2,1H3. The van der Waals surface area contributed by atoms with Gasteiger partial charge in [-0.1, -0.05) is 53.2 Å². The van der Waals surface area contributed by atoms with Crippen LogP contribution in [0.15, 0.2) is 47.6 Å². The van der Waals surface area contributed by atoms with E-state index in [0.717, 1.165) is 30.3 Å². The lowest BCUT2D eigenvalue weighted by molar-refractivity contribution is 0.102. The molecule has 1 aromatic heterocycles. The normalized spacial score (nSPS) is 14.2. The van der Waals surface area contributed by atoms with Crippen molar-refractivity contribution in [2.24, 2.45) is 0 Å². The van der Waals surface area contributed by atoms with E-state index in [1.165, 1.54) is 11.8 Å². The number of para-hydroxylation sites is 1.